The van der Waals surface area contributed by atoms with Gasteiger partial charge in [-0.25, -0.2) is 0 Å². The zero-order valence-electron chi connectivity index (χ0n) is 10.7. The van der Waals surface area contributed by atoms with Crippen LogP contribution in [0.5, 0.6) is 0 Å². The molecule has 100 valence electrons. The Labute approximate surface area is 118 Å². The van der Waals surface area contributed by atoms with E-state index in [2.05, 4.69) is 40.2 Å². The van der Waals surface area contributed by atoms with Crippen LogP contribution in [-0.2, 0) is 16.1 Å². The molecule has 1 aromatic carbocycles. The number of benzene rings is 1. The maximum atomic E-state index is 5.86. The molecule has 1 aliphatic heterocycles. The van der Waals surface area contributed by atoms with Gasteiger partial charge in [0.05, 0.1) is 13.2 Å². The lowest BCUT2D eigenvalue weighted by Crippen LogP contribution is -2.27. The molecule has 2 nitrogen and oxygen atoms in total. The van der Waals surface area contributed by atoms with E-state index in [0.29, 0.717) is 12.5 Å². The highest BCUT2D eigenvalue weighted by molar-refractivity contribution is 9.09. The maximum absolute atomic E-state index is 5.86. The molecule has 18 heavy (non-hydrogen) atoms. The van der Waals surface area contributed by atoms with Crippen LogP contribution in [0.25, 0.3) is 0 Å². The van der Waals surface area contributed by atoms with Crippen molar-refractivity contribution in [2.24, 2.45) is 11.8 Å². The highest BCUT2D eigenvalue weighted by atomic mass is 79.9. The van der Waals surface area contributed by atoms with Crippen molar-refractivity contribution in [1.29, 1.82) is 0 Å². The molecule has 0 spiro atoms. The first kappa shape index (κ1) is 14.0. The topological polar surface area (TPSA) is 18.5 Å². The molecule has 0 N–H and O–H groups in total. The van der Waals surface area contributed by atoms with Crippen molar-refractivity contribution >= 4 is 15.9 Å². The summed E-state index contributed by atoms with van der Waals surface area (Å²) >= 11 is 3.62. The van der Waals surface area contributed by atoms with E-state index < -0.39 is 0 Å². The van der Waals surface area contributed by atoms with Gasteiger partial charge in [0, 0.05) is 18.5 Å². The van der Waals surface area contributed by atoms with E-state index in [4.69, 9.17) is 9.47 Å². The molecular formula is C15H21BrO2. The molecule has 2 rings (SSSR count). The lowest BCUT2D eigenvalue weighted by Gasteiger charge is -2.29. The molecule has 1 aliphatic rings. The first-order valence-electron chi connectivity index (χ1n) is 6.65. The maximum Gasteiger partial charge on any atom is 0.0717 e. The molecule has 1 atom stereocenters. The van der Waals surface area contributed by atoms with E-state index in [0.717, 1.165) is 31.1 Å². The van der Waals surface area contributed by atoms with Crippen molar-refractivity contribution in [3.63, 3.8) is 0 Å². The van der Waals surface area contributed by atoms with E-state index in [1.807, 2.05) is 6.07 Å². The Morgan fingerprint density at radius 2 is 1.94 bits per heavy atom. The average Bonchev–Trinajstić information content (AvgIpc) is 2.46. The molecule has 0 aliphatic carbocycles. The fourth-order valence-corrected chi connectivity index (χ4v) is 3.11. The normalized spacial score (nSPS) is 18.7. The number of ether oxygens (including phenoxy) is 2. The van der Waals surface area contributed by atoms with Gasteiger partial charge < -0.3 is 9.47 Å². The number of hydrogen-bond acceptors (Lipinski definition) is 2. The third-order valence-electron chi connectivity index (χ3n) is 3.57. The summed E-state index contributed by atoms with van der Waals surface area (Å²) in [6.45, 7) is 3.37. The Bertz CT molecular complexity index is 323. The third-order valence-corrected chi connectivity index (χ3v) is 4.41. The van der Waals surface area contributed by atoms with E-state index >= 15 is 0 Å². The minimum atomic E-state index is 0.609. The molecule has 0 bridgehead atoms. The Kier molecular flexibility index (Phi) is 6.18. The van der Waals surface area contributed by atoms with Gasteiger partial charge in [0.2, 0.25) is 0 Å². The molecule has 0 radical (unpaired) electrons. The fraction of sp³-hybridized carbons (Fsp3) is 0.600. The van der Waals surface area contributed by atoms with Crippen LogP contribution in [0.15, 0.2) is 30.3 Å². The summed E-state index contributed by atoms with van der Waals surface area (Å²) < 4.78 is 11.3. The summed E-state index contributed by atoms with van der Waals surface area (Å²) in [5, 5.41) is 1.02. The molecule has 0 amide bonds. The monoisotopic (exact) mass is 312 g/mol. The molecule has 0 aromatic heterocycles. The second kappa shape index (κ2) is 7.93. The van der Waals surface area contributed by atoms with Crippen molar-refractivity contribution in [3.8, 4) is 0 Å². The first-order chi connectivity index (χ1) is 8.90. The fourth-order valence-electron chi connectivity index (χ4n) is 2.40. The Morgan fingerprint density at radius 1 is 1.22 bits per heavy atom. The van der Waals surface area contributed by atoms with Crippen LogP contribution in [0, 0.1) is 11.8 Å². The minimum absolute atomic E-state index is 0.609. The van der Waals surface area contributed by atoms with Gasteiger partial charge in [-0.15, -0.1) is 0 Å². The van der Waals surface area contributed by atoms with Crippen LogP contribution in [0.4, 0.5) is 0 Å². The van der Waals surface area contributed by atoms with Gasteiger partial charge in [-0.05, 0) is 30.2 Å². The molecule has 0 saturated carbocycles. The van der Waals surface area contributed by atoms with Gasteiger partial charge >= 0.3 is 0 Å². The molecule has 1 fully saturated rings. The largest absolute Gasteiger partial charge is 0.381 e. The predicted molar refractivity (Wildman–Crippen MR) is 76.9 cm³/mol. The molecule has 1 aromatic rings. The Hall–Kier alpha value is -0.380. The zero-order valence-corrected chi connectivity index (χ0v) is 12.3. The predicted octanol–water partition coefficient (Wildman–Crippen LogP) is 3.64. The summed E-state index contributed by atoms with van der Waals surface area (Å²) in [6, 6.07) is 10.4. The van der Waals surface area contributed by atoms with Crippen LogP contribution >= 0.6 is 15.9 Å². The van der Waals surface area contributed by atoms with E-state index in [9.17, 15) is 0 Å². The zero-order chi connectivity index (χ0) is 12.6. The summed E-state index contributed by atoms with van der Waals surface area (Å²) in [7, 11) is 0. The van der Waals surface area contributed by atoms with E-state index in [1.165, 1.54) is 18.4 Å². The van der Waals surface area contributed by atoms with E-state index in [1.54, 1.807) is 0 Å². The van der Waals surface area contributed by atoms with Gasteiger partial charge in [0.1, 0.15) is 0 Å². The summed E-state index contributed by atoms with van der Waals surface area (Å²) in [5.41, 5.74) is 1.25. The van der Waals surface area contributed by atoms with Gasteiger partial charge in [-0.1, -0.05) is 46.3 Å². The van der Waals surface area contributed by atoms with Gasteiger partial charge in [-0.2, -0.15) is 0 Å². The first-order valence-corrected chi connectivity index (χ1v) is 7.77. The Balaban J connectivity index is 1.73. The lowest BCUT2D eigenvalue weighted by atomic mass is 9.88. The SMILES string of the molecule is BrCC(COCc1ccccc1)C1CCOCC1. The quantitative estimate of drug-likeness (QED) is 0.747. The number of halogens is 1. The van der Waals surface area contributed by atoms with Crippen LogP contribution < -0.4 is 0 Å². The van der Waals surface area contributed by atoms with Gasteiger partial charge in [0.25, 0.3) is 0 Å². The highest BCUT2D eigenvalue weighted by Gasteiger charge is 2.23. The van der Waals surface area contributed by atoms with Crippen molar-refractivity contribution in [2.75, 3.05) is 25.2 Å². The van der Waals surface area contributed by atoms with Crippen LogP contribution in [0.3, 0.4) is 0 Å². The second-order valence-corrected chi connectivity index (χ2v) is 5.51. The van der Waals surface area contributed by atoms with Crippen LogP contribution in [0.2, 0.25) is 0 Å². The number of rotatable bonds is 6. The molecular weight excluding hydrogens is 292 g/mol. The molecule has 1 saturated heterocycles. The van der Waals surface area contributed by atoms with E-state index in [-0.39, 0.29) is 0 Å². The second-order valence-electron chi connectivity index (χ2n) is 4.86. The standard InChI is InChI=1S/C15H21BrO2/c16-10-15(14-6-8-17-9-7-14)12-18-11-13-4-2-1-3-5-13/h1-5,14-15H,6-12H2. The highest BCUT2D eigenvalue weighted by Crippen LogP contribution is 2.25. The molecule has 3 heteroatoms. The summed E-state index contributed by atoms with van der Waals surface area (Å²) in [4.78, 5) is 0. The van der Waals surface area contributed by atoms with Crippen molar-refractivity contribution in [3.05, 3.63) is 35.9 Å². The lowest BCUT2D eigenvalue weighted by molar-refractivity contribution is 0.0184. The number of hydrogen-bond donors (Lipinski definition) is 0. The summed E-state index contributed by atoms with van der Waals surface area (Å²) in [5.74, 6) is 1.35. The molecule has 1 heterocycles. The van der Waals surface area contributed by atoms with Crippen LogP contribution in [0.1, 0.15) is 18.4 Å². The Morgan fingerprint density at radius 3 is 2.61 bits per heavy atom. The van der Waals surface area contributed by atoms with Crippen LogP contribution in [-0.4, -0.2) is 25.2 Å². The van der Waals surface area contributed by atoms with Crippen molar-refractivity contribution in [1.82, 2.24) is 0 Å². The van der Waals surface area contributed by atoms with Crippen molar-refractivity contribution in [2.45, 2.75) is 19.4 Å². The van der Waals surface area contributed by atoms with Gasteiger partial charge in [0.15, 0.2) is 0 Å². The average molecular weight is 313 g/mol. The van der Waals surface area contributed by atoms with Crippen molar-refractivity contribution < 1.29 is 9.47 Å². The van der Waals surface area contributed by atoms with Gasteiger partial charge in [-0.3, -0.25) is 0 Å². The number of alkyl halides is 1. The molecule has 1 unspecified atom stereocenters. The third kappa shape index (κ3) is 4.38. The minimum Gasteiger partial charge on any atom is -0.381 e. The smallest absolute Gasteiger partial charge is 0.0717 e. The summed E-state index contributed by atoms with van der Waals surface area (Å²) in [6.07, 6.45) is 2.34.